The maximum Gasteiger partial charge on any atom is 0.257 e. The molecule has 0 spiro atoms. The van der Waals surface area contributed by atoms with Crippen LogP contribution in [0.2, 0.25) is 0 Å². The third-order valence-electron chi connectivity index (χ3n) is 3.16. The maximum absolute atomic E-state index is 13.8. The summed E-state index contributed by atoms with van der Waals surface area (Å²) >= 11 is 4.17. The lowest BCUT2D eigenvalue weighted by Crippen LogP contribution is -2.58. The minimum Gasteiger partial charge on any atom is -0.366 e. The van der Waals surface area contributed by atoms with E-state index in [2.05, 4.69) is 12.6 Å². The molecule has 1 amide bonds. The summed E-state index contributed by atoms with van der Waals surface area (Å²) in [5.74, 6) is -0.835. The Hall–Kier alpha value is -1.07. The van der Waals surface area contributed by atoms with Crippen molar-refractivity contribution in [3.05, 3.63) is 29.6 Å². The number of rotatable bonds is 1. The van der Waals surface area contributed by atoms with Crippen LogP contribution in [0.15, 0.2) is 23.1 Å². The topological polar surface area (TPSA) is 29.5 Å². The van der Waals surface area contributed by atoms with Crippen molar-refractivity contribution in [2.45, 2.75) is 43.8 Å². The largest absolute Gasteiger partial charge is 0.366 e. The first-order valence-corrected chi connectivity index (χ1v) is 7.02. The quantitative estimate of drug-likeness (QED) is 0.807. The number of hydrogen-bond donors (Lipinski definition) is 1. The van der Waals surface area contributed by atoms with E-state index < -0.39 is 17.0 Å². The molecule has 20 heavy (non-hydrogen) atoms. The highest BCUT2D eigenvalue weighted by atomic mass is 32.1. The summed E-state index contributed by atoms with van der Waals surface area (Å²) in [4.78, 5) is 14.8. The number of nitrogens with zero attached hydrogens (tertiary/aromatic N) is 1. The van der Waals surface area contributed by atoms with E-state index in [1.165, 1.54) is 18.2 Å². The second-order valence-corrected chi connectivity index (χ2v) is 6.96. The lowest BCUT2D eigenvalue weighted by atomic mass is 9.98. The molecule has 3 nitrogen and oxygen atoms in total. The predicted molar refractivity (Wildman–Crippen MR) is 78.8 cm³/mol. The van der Waals surface area contributed by atoms with Crippen molar-refractivity contribution in [1.82, 2.24) is 4.90 Å². The van der Waals surface area contributed by atoms with Gasteiger partial charge in [0.15, 0.2) is 0 Å². The monoisotopic (exact) mass is 297 g/mol. The fourth-order valence-corrected chi connectivity index (χ4v) is 2.98. The first kappa shape index (κ1) is 15.3. The molecule has 1 aromatic rings. The van der Waals surface area contributed by atoms with Crippen molar-refractivity contribution < 1.29 is 13.9 Å². The number of amides is 1. The molecule has 0 radical (unpaired) electrons. The fraction of sp³-hybridized carbons (Fsp3) is 0.533. The van der Waals surface area contributed by atoms with Crippen LogP contribution in [0, 0.1) is 5.82 Å². The molecule has 1 aliphatic rings. The molecule has 0 bridgehead atoms. The molecule has 1 saturated heterocycles. The van der Waals surface area contributed by atoms with Crippen LogP contribution in [0.4, 0.5) is 4.39 Å². The number of thiol groups is 1. The van der Waals surface area contributed by atoms with Crippen LogP contribution in [0.3, 0.4) is 0 Å². The Morgan fingerprint density at radius 1 is 1.25 bits per heavy atom. The third kappa shape index (κ3) is 3.33. The SMILES string of the molecule is CC1(C)CN(C(=O)c2cc(S)ccc2F)CC(C)(C)O1. The van der Waals surface area contributed by atoms with E-state index in [1.54, 1.807) is 4.90 Å². The first-order valence-electron chi connectivity index (χ1n) is 6.58. The van der Waals surface area contributed by atoms with Crippen molar-refractivity contribution in [2.24, 2.45) is 0 Å². The van der Waals surface area contributed by atoms with E-state index in [9.17, 15) is 9.18 Å². The Kier molecular flexibility index (Phi) is 3.86. The minimum atomic E-state index is -0.519. The number of ether oxygens (including phenoxy) is 1. The number of benzene rings is 1. The molecule has 1 heterocycles. The molecular weight excluding hydrogens is 277 g/mol. The van der Waals surface area contributed by atoms with Gasteiger partial charge in [0.2, 0.25) is 0 Å². The molecule has 0 N–H and O–H groups in total. The summed E-state index contributed by atoms with van der Waals surface area (Å²) in [6.45, 7) is 8.59. The van der Waals surface area contributed by atoms with Crippen LogP contribution in [0.1, 0.15) is 38.1 Å². The Morgan fingerprint density at radius 2 is 1.80 bits per heavy atom. The van der Waals surface area contributed by atoms with E-state index in [4.69, 9.17) is 4.74 Å². The summed E-state index contributed by atoms with van der Waals surface area (Å²) < 4.78 is 19.8. The van der Waals surface area contributed by atoms with E-state index in [-0.39, 0.29) is 11.5 Å². The zero-order valence-corrected chi connectivity index (χ0v) is 13.1. The van der Waals surface area contributed by atoms with Gasteiger partial charge in [-0.25, -0.2) is 4.39 Å². The van der Waals surface area contributed by atoms with Crippen molar-refractivity contribution >= 4 is 18.5 Å². The molecule has 1 aromatic carbocycles. The van der Waals surface area contributed by atoms with Crippen LogP contribution < -0.4 is 0 Å². The minimum absolute atomic E-state index is 0.0611. The van der Waals surface area contributed by atoms with Crippen molar-refractivity contribution in [3.8, 4) is 0 Å². The van der Waals surface area contributed by atoms with E-state index in [1.807, 2.05) is 27.7 Å². The highest BCUT2D eigenvalue weighted by molar-refractivity contribution is 7.80. The zero-order chi connectivity index (χ0) is 15.1. The van der Waals surface area contributed by atoms with Crippen molar-refractivity contribution in [1.29, 1.82) is 0 Å². The standard InChI is InChI=1S/C15H20FNO2S/c1-14(2)8-17(9-15(3,4)19-14)13(18)11-7-10(20)5-6-12(11)16/h5-7,20H,8-9H2,1-4H3. The van der Waals surface area contributed by atoms with Gasteiger partial charge >= 0.3 is 0 Å². The van der Waals surface area contributed by atoms with Gasteiger partial charge in [-0.3, -0.25) is 4.79 Å². The molecule has 2 rings (SSSR count). The number of carbonyl (C=O) groups is 1. The molecule has 0 aromatic heterocycles. The van der Waals surface area contributed by atoms with Crippen LogP contribution in [0.5, 0.6) is 0 Å². The fourth-order valence-electron chi connectivity index (χ4n) is 2.78. The molecule has 110 valence electrons. The summed E-state index contributed by atoms with van der Waals surface area (Å²) in [5.41, 5.74) is -0.843. The molecule has 5 heteroatoms. The normalized spacial score (nSPS) is 20.8. The molecule has 0 atom stereocenters. The highest BCUT2D eigenvalue weighted by Gasteiger charge is 2.40. The second kappa shape index (κ2) is 5.04. The van der Waals surface area contributed by atoms with Gasteiger partial charge in [-0.2, -0.15) is 0 Å². The summed E-state index contributed by atoms with van der Waals surface area (Å²) in [7, 11) is 0. The average molecular weight is 297 g/mol. The Labute approximate surface area is 124 Å². The Bertz CT molecular complexity index is 527. The van der Waals surface area contributed by atoms with Gasteiger partial charge in [-0.1, -0.05) is 0 Å². The number of halogens is 1. The number of hydrogen-bond acceptors (Lipinski definition) is 3. The van der Waals surface area contributed by atoms with Crippen LogP contribution in [-0.2, 0) is 4.74 Å². The van der Waals surface area contributed by atoms with Gasteiger partial charge in [-0.15, -0.1) is 12.6 Å². The smallest absolute Gasteiger partial charge is 0.257 e. The van der Waals surface area contributed by atoms with Crippen LogP contribution in [-0.4, -0.2) is 35.1 Å². The van der Waals surface area contributed by atoms with E-state index in [0.717, 1.165) is 0 Å². The predicted octanol–water partition coefficient (Wildman–Crippen LogP) is 3.14. The van der Waals surface area contributed by atoms with Gasteiger partial charge in [0.05, 0.1) is 16.8 Å². The van der Waals surface area contributed by atoms with Gasteiger partial charge < -0.3 is 9.64 Å². The molecular formula is C15H20FNO2S. The van der Waals surface area contributed by atoms with Gasteiger partial charge in [0.25, 0.3) is 5.91 Å². The molecule has 1 aliphatic heterocycles. The molecule has 0 aliphatic carbocycles. The van der Waals surface area contributed by atoms with E-state index >= 15 is 0 Å². The number of morpholine rings is 1. The summed E-state index contributed by atoms with van der Waals surface area (Å²) in [6, 6.07) is 4.27. The van der Waals surface area contributed by atoms with Gasteiger partial charge in [-0.05, 0) is 45.9 Å². The zero-order valence-electron chi connectivity index (χ0n) is 12.2. The molecule has 0 saturated carbocycles. The van der Waals surface area contributed by atoms with Gasteiger partial charge in [0.1, 0.15) is 5.82 Å². The lowest BCUT2D eigenvalue weighted by Gasteiger charge is -2.47. The average Bonchev–Trinajstić information content (AvgIpc) is 2.27. The highest BCUT2D eigenvalue weighted by Crippen LogP contribution is 2.29. The molecule has 1 fully saturated rings. The van der Waals surface area contributed by atoms with E-state index in [0.29, 0.717) is 18.0 Å². The second-order valence-electron chi connectivity index (χ2n) is 6.45. The Morgan fingerprint density at radius 3 is 2.35 bits per heavy atom. The van der Waals surface area contributed by atoms with Crippen molar-refractivity contribution in [3.63, 3.8) is 0 Å². The van der Waals surface area contributed by atoms with Crippen LogP contribution in [0.25, 0.3) is 0 Å². The first-order chi connectivity index (χ1) is 9.10. The van der Waals surface area contributed by atoms with Gasteiger partial charge in [0, 0.05) is 18.0 Å². The maximum atomic E-state index is 13.8. The summed E-state index contributed by atoms with van der Waals surface area (Å²) in [5, 5.41) is 0. The van der Waals surface area contributed by atoms with Crippen molar-refractivity contribution in [2.75, 3.05) is 13.1 Å². The number of carbonyl (C=O) groups excluding carboxylic acids is 1. The lowest BCUT2D eigenvalue weighted by molar-refractivity contribution is -0.171. The van der Waals surface area contributed by atoms with Crippen LogP contribution >= 0.6 is 12.6 Å². The summed E-state index contributed by atoms with van der Waals surface area (Å²) in [6.07, 6.45) is 0. The molecule has 0 unspecified atom stereocenters. The third-order valence-corrected chi connectivity index (χ3v) is 3.44. The Balaban J connectivity index is 2.31.